The van der Waals surface area contributed by atoms with Gasteiger partial charge < -0.3 is 18.6 Å². The molecule has 4 aliphatic rings. The van der Waals surface area contributed by atoms with Crippen LogP contribution < -0.4 is 0 Å². The van der Waals surface area contributed by atoms with Crippen LogP contribution in [0.1, 0.15) is 144 Å². The van der Waals surface area contributed by atoms with E-state index in [9.17, 15) is 18.0 Å². The molecule has 11 heteroatoms. The first-order valence-corrected chi connectivity index (χ1v) is 19.5. The summed E-state index contributed by atoms with van der Waals surface area (Å²) in [5.74, 6) is -0.394. The first kappa shape index (κ1) is 33.6. The molecule has 0 radical (unpaired) electrons. The summed E-state index contributed by atoms with van der Waals surface area (Å²) in [7, 11) is -2.32. The highest BCUT2D eigenvalue weighted by Crippen LogP contribution is 2.65. The zero-order chi connectivity index (χ0) is 33.4. The smallest absolute Gasteiger partial charge is 0.417 e. The lowest BCUT2D eigenvalue weighted by molar-refractivity contribution is -0.167. The lowest BCUT2D eigenvalue weighted by Crippen LogP contribution is -2.49. The van der Waals surface area contributed by atoms with Crippen molar-refractivity contribution in [3.63, 3.8) is 0 Å². The summed E-state index contributed by atoms with van der Waals surface area (Å²) in [6, 6.07) is 2.50. The van der Waals surface area contributed by atoms with E-state index in [0.29, 0.717) is 38.2 Å². The fourth-order valence-electron chi connectivity index (χ4n) is 7.67. The van der Waals surface area contributed by atoms with Crippen LogP contribution in [0.5, 0.6) is 0 Å². The molecule has 0 amide bonds. The number of carbonyl (C=O) groups is 1. The Labute approximate surface area is 271 Å². The average molecular weight is 661 g/mol. The quantitative estimate of drug-likeness (QED) is 0.234. The van der Waals surface area contributed by atoms with Crippen LogP contribution in [0.4, 0.5) is 13.2 Å². The van der Waals surface area contributed by atoms with E-state index in [2.05, 4.69) is 52.7 Å². The third kappa shape index (κ3) is 5.52. The number of ether oxygens (including phenoxy) is 3. The molecular weight excluding hydrogens is 613 g/mol. The van der Waals surface area contributed by atoms with Gasteiger partial charge in [0.15, 0.2) is 8.32 Å². The third-order valence-corrected chi connectivity index (χ3v) is 15.7. The summed E-state index contributed by atoms with van der Waals surface area (Å²) in [6.07, 6.45) is -0.408. The van der Waals surface area contributed by atoms with Crippen molar-refractivity contribution >= 4 is 14.3 Å². The Kier molecular flexibility index (Phi) is 8.30. The van der Waals surface area contributed by atoms with Gasteiger partial charge in [0.05, 0.1) is 28.7 Å². The van der Waals surface area contributed by atoms with Crippen LogP contribution in [0.25, 0.3) is 0 Å². The minimum absolute atomic E-state index is 0.0495. The fourth-order valence-corrected chi connectivity index (χ4v) is 8.93. The molecule has 2 aliphatic heterocycles. The monoisotopic (exact) mass is 660 g/mol. The van der Waals surface area contributed by atoms with E-state index in [1.54, 1.807) is 0 Å². The zero-order valence-corrected chi connectivity index (χ0v) is 29.3. The van der Waals surface area contributed by atoms with E-state index >= 15 is 0 Å². The minimum atomic E-state index is -4.50. The van der Waals surface area contributed by atoms with Crippen LogP contribution in [0, 0.1) is 5.41 Å². The van der Waals surface area contributed by atoms with Crippen molar-refractivity contribution in [2.24, 2.45) is 5.41 Å². The SMILES string of the molecule is CC(=O)O[C@@H]1c2nc(C(C)C)c3c(c2[C@@H](O[Si](C)(C)C(C)(C)C)CC12CCC2)C1(CCOCC1)O[C@@H]3c1ccc(C(F)(F)F)cn1. The maximum Gasteiger partial charge on any atom is 0.417 e. The number of rotatable bonds is 5. The molecule has 0 unspecified atom stereocenters. The molecule has 0 bridgehead atoms. The van der Waals surface area contributed by atoms with Crippen molar-refractivity contribution in [3.8, 4) is 0 Å². The topological polar surface area (TPSA) is 79.8 Å². The predicted molar refractivity (Wildman–Crippen MR) is 169 cm³/mol. The van der Waals surface area contributed by atoms with Crippen LogP contribution in [0.3, 0.4) is 0 Å². The number of esters is 1. The highest BCUT2D eigenvalue weighted by Gasteiger charge is 2.59. The third-order valence-electron chi connectivity index (χ3n) is 11.2. The Morgan fingerprint density at radius 1 is 1.07 bits per heavy atom. The van der Waals surface area contributed by atoms with Crippen LogP contribution in [0.2, 0.25) is 18.1 Å². The largest absolute Gasteiger partial charge is 0.455 e. The van der Waals surface area contributed by atoms with Gasteiger partial charge in [-0.2, -0.15) is 13.2 Å². The van der Waals surface area contributed by atoms with E-state index in [-0.39, 0.29) is 28.4 Å². The number of hydrogen-bond donors (Lipinski definition) is 0. The number of nitrogens with zero attached hydrogens (tertiary/aromatic N) is 2. The summed E-state index contributed by atoms with van der Waals surface area (Å²) in [4.78, 5) is 22.4. The normalized spacial score (nSPS) is 25.3. The second-order valence-electron chi connectivity index (χ2n) is 15.6. The van der Waals surface area contributed by atoms with Gasteiger partial charge >= 0.3 is 12.1 Å². The molecular formula is C35H47F3N2O5Si. The molecule has 2 spiro atoms. The van der Waals surface area contributed by atoms with Crippen LogP contribution in [0.15, 0.2) is 18.3 Å². The lowest BCUT2D eigenvalue weighted by Gasteiger charge is -2.54. The summed E-state index contributed by atoms with van der Waals surface area (Å²) in [5.41, 5.74) is 2.89. The summed E-state index contributed by atoms with van der Waals surface area (Å²) >= 11 is 0. The predicted octanol–water partition coefficient (Wildman–Crippen LogP) is 8.99. The van der Waals surface area contributed by atoms with Gasteiger partial charge in [-0.25, -0.2) is 0 Å². The fraction of sp³-hybridized carbons (Fsp3) is 0.686. The molecule has 0 N–H and O–H groups in total. The second-order valence-corrected chi connectivity index (χ2v) is 20.3. The second kappa shape index (κ2) is 11.4. The Balaban J connectivity index is 1.64. The van der Waals surface area contributed by atoms with Crippen LogP contribution in [-0.4, -0.2) is 37.5 Å². The molecule has 252 valence electrons. The van der Waals surface area contributed by atoms with Crippen LogP contribution >= 0.6 is 0 Å². The van der Waals surface area contributed by atoms with Crippen molar-refractivity contribution in [3.05, 3.63) is 57.7 Å². The molecule has 2 fully saturated rings. The molecule has 3 atom stereocenters. The van der Waals surface area contributed by atoms with Crippen molar-refractivity contribution in [2.75, 3.05) is 13.2 Å². The van der Waals surface area contributed by atoms with Gasteiger partial charge in [-0.15, -0.1) is 0 Å². The number of aromatic nitrogens is 2. The Hall–Kier alpha value is -2.34. The highest BCUT2D eigenvalue weighted by atomic mass is 28.4. The number of halogens is 3. The Morgan fingerprint density at radius 2 is 1.74 bits per heavy atom. The maximum absolute atomic E-state index is 13.5. The minimum Gasteiger partial charge on any atom is -0.455 e. The summed E-state index contributed by atoms with van der Waals surface area (Å²) < 4.78 is 67.0. The Morgan fingerprint density at radius 3 is 2.24 bits per heavy atom. The Bertz CT molecular complexity index is 1490. The molecule has 1 saturated carbocycles. The molecule has 46 heavy (non-hydrogen) atoms. The van der Waals surface area contributed by atoms with Gasteiger partial charge in [-0.1, -0.05) is 41.0 Å². The first-order valence-electron chi connectivity index (χ1n) is 16.6. The molecule has 1 saturated heterocycles. The number of alkyl halides is 3. The van der Waals surface area contributed by atoms with Gasteiger partial charge in [0.1, 0.15) is 12.2 Å². The van der Waals surface area contributed by atoms with Gasteiger partial charge in [0, 0.05) is 61.4 Å². The zero-order valence-electron chi connectivity index (χ0n) is 28.3. The lowest BCUT2D eigenvalue weighted by atomic mass is 9.57. The van der Waals surface area contributed by atoms with Gasteiger partial charge in [-0.3, -0.25) is 14.8 Å². The van der Waals surface area contributed by atoms with E-state index in [0.717, 1.165) is 59.6 Å². The van der Waals surface area contributed by atoms with Crippen molar-refractivity contribution in [1.29, 1.82) is 0 Å². The molecule has 0 aromatic carbocycles. The van der Waals surface area contributed by atoms with Crippen molar-refractivity contribution < 1.29 is 36.6 Å². The number of carbonyl (C=O) groups excluding carboxylic acids is 1. The molecule has 7 nitrogen and oxygen atoms in total. The number of pyridine rings is 2. The molecule has 4 heterocycles. The van der Waals surface area contributed by atoms with Gasteiger partial charge in [-0.05, 0) is 61.0 Å². The molecule has 2 aliphatic carbocycles. The molecule has 2 aromatic heterocycles. The number of fused-ring (bicyclic) bond motifs is 4. The van der Waals surface area contributed by atoms with Crippen LogP contribution in [-0.2, 0) is 35.2 Å². The number of hydrogen-bond acceptors (Lipinski definition) is 7. The van der Waals surface area contributed by atoms with E-state index in [1.165, 1.54) is 13.0 Å². The molecule has 6 rings (SSSR count). The van der Waals surface area contributed by atoms with Crippen molar-refractivity contribution in [1.82, 2.24) is 9.97 Å². The van der Waals surface area contributed by atoms with E-state index < -0.39 is 37.9 Å². The van der Waals surface area contributed by atoms with Gasteiger partial charge in [0.25, 0.3) is 0 Å². The first-order chi connectivity index (χ1) is 21.4. The van der Waals surface area contributed by atoms with Gasteiger partial charge in [0.2, 0.25) is 0 Å². The van der Waals surface area contributed by atoms with E-state index in [1.807, 2.05) is 0 Å². The molecule has 2 aromatic rings. The summed E-state index contributed by atoms with van der Waals surface area (Å²) in [6.45, 7) is 17.7. The highest BCUT2D eigenvalue weighted by molar-refractivity contribution is 6.74. The van der Waals surface area contributed by atoms with Crippen molar-refractivity contribution in [2.45, 2.75) is 134 Å². The average Bonchev–Trinajstić information content (AvgIpc) is 3.25. The summed E-state index contributed by atoms with van der Waals surface area (Å²) in [5, 5.41) is -0.0549. The maximum atomic E-state index is 13.5. The van der Waals surface area contributed by atoms with E-state index in [4.69, 9.17) is 23.6 Å². The standard InChI is InChI=1S/C35H47F3N2O5Si/c1-20(2)28-26-27(34(14-16-42-17-15-34)44-30(26)23-11-10-22(19-39-23)35(36,37)38)25-24(45-46(7,8)32(4,5)6)18-33(12-9-13-33)31(29(25)40-28)43-21(3)41/h10-11,19-20,24,30-31H,9,12-18H2,1-8H3/t24-,30+,31+/m0/s1.